The normalized spacial score (nSPS) is 17.8. The Kier molecular flexibility index (Phi) is 11.2. The van der Waals surface area contributed by atoms with E-state index in [9.17, 15) is 9.90 Å². The van der Waals surface area contributed by atoms with Crippen LogP contribution in [0.15, 0.2) is 30.3 Å². The Morgan fingerprint density at radius 1 is 0.906 bits per heavy atom. The third-order valence-corrected chi connectivity index (χ3v) is 6.26. The number of nitrogens with zero attached hydrogens (tertiary/aromatic N) is 2. The lowest BCUT2D eigenvalue weighted by molar-refractivity contribution is -0.159. The molecule has 0 aromatic heterocycles. The Labute approximate surface area is 189 Å². The summed E-state index contributed by atoms with van der Waals surface area (Å²) < 4.78 is 0. The number of benzene rings is 1. The molecule has 178 valence electrons. The molecule has 8 nitrogen and oxygen atoms in total. The van der Waals surface area contributed by atoms with Crippen molar-refractivity contribution in [3.63, 3.8) is 0 Å². The summed E-state index contributed by atoms with van der Waals surface area (Å²) >= 11 is 0. The van der Waals surface area contributed by atoms with Gasteiger partial charge in [0.1, 0.15) is 0 Å². The molecule has 0 bridgehead atoms. The van der Waals surface area contributed by atoms with Crippen LogP contribution in [0.3, 0.4) is 0 Å². The lowest BCUT2D eigenvalue weighted by atomic mass is 9.87. The average molecular weight is 449 g/mol. The number of amides is 1. The van der Waals surface area contributed by atoms with E-state index >= 15 is 0 Å². The van der Waals surface area contributed by atoms with E-state index in [0.29, 0.717) is 13.1 Å². The number of rotatable bonds is 7. The van der Waals surface area contributed by atoms with E-state index in [1.807, 2.05) is 35.2 Å². The highest BCUT2D eigenvalue weighted by molar-refractivity contribution is 6.27. The number of carboxylic acids is 2. The molecule has 1 saturated carbocycles. The monoisotopic (exact) mass is 448 g/mol. The van der Waals surface area contributed by atoms with E-state index in [1.165, 1.54) is 38.6 Å². The second-order valence-electron chi connectivity index (χ2n) is 8.66. The van der Waals surface area contributed by atoms with E-state index < -0.39 is 11.9 Å². The maximum atomic E-state index is 13.0. The lowest BCUT2D eigenvalue weighted by Gasteiger charge is -2.36. The first-order valence-electron chi connectivity index (χ1n) is 11.5. The SMILES string of the molecule is O=C(C1CCN(CC2CCCCC2)CC1)N(CCO)Cc1ccccc1.O=C(O)C(=O)O. The van der Waals surface area contributed by atoms with Crippen molar-refractivity contribution in [3.05, 3.63) is 35.9 Å². The van der Waals surface area contributed by atoms with Crippen LogP contribution in [-0.4, -0.2) is 75.8 Å². The molecule has 3 rings (SSSR count). The van der Waals surface area contributed by atoms with E-state index in [-0.39, 0.29) is 18.4 Å². The van der Waals surface area contributed by atoms with Gasteiger partial charge in [-0.1, -0.05) is 49.6 Å². The van der Waals surface area contributed by atoms with Crippen molar-refractivity contribution < 1.29 is 29.7 Å². The van der Waals surface area contributed by atoms with Gasteiger partial charge in [0.05, 0.1) is 6.61 Å². The maximum Gasteiger partial charge on any atom is 0.414 e. The smallest absolute Gasteiger partial charge is 0.414 e. The number of hydrogen-bond acceptors (Lipinski definition) is 5. The zero-order chi connectivity index (χ0) is 23.3. The molecule has 1 aliphatic carbocycles. The summed E-state index contributed by atoms with van der Waals surface area (Å²) in [4.78, 5) is 35.6. The highest BCUT2D eigenvalue weighted by atomic mass is 16.4. The molecule has 1 aromatic carbocycles. The standard InChI is InChI=1S/C22H34N2O2.C2H2O4/c25-16-15-24(18-20-9-5-2-6-10-20)22(26)21-11-13-23(14-12-21)17-19-7-3-1-4-8-19;3-1(4)2(5)6/h2,5-6,9-10,19,21,25H,1,3-4,7-8,11-18H2;(H,3,4)(H,5,6). The molecule has 1 saturated heterocycles. The molecule has 0 radical (unpaired) electrons. The van der Waals surface area contributed by atoms with Gasteiger partial charge >= 0.3 is 11.9 Å². The van der Waals surface area contributed by atoms with Gasteiger partial charge in [-0.25, -0.2) is 9.59 Å². The maximum absolute atomic E-state index is 13.0. The fourth-order valence-electron chi connectivity index (χ4n) is 4.55. The average Bonchev–Trinajstić information content (AvgIpc) is 2.80. The molecule has 2 fully saturated rings. The minimum Gasteiger partial charge on any atom is -0.473 e. The highest BCUT2D eigenvalue weighted by Crippen LogP contribution is 2.27. The highest BCUT2D eigenvalue weighted by Gasteiger charge is 2.29. The molecule has 1 aromatic rings. The summed E-state index contributed by atoms with van der Waals surface area (Å²) in [5.74, 6) is -2.43. The molecule has 8 heteroatoms. The van der Waals surface area contributed by atoms with Crippen LogP contribution in [0.5, 0.6) is 0 Å². The van der Waals surface area contributed by atoms with Crippen LogP contribution < -0.4 is 0 Å². The van der Waals surface area contributed by atoms with Crippen LogP contribution in [0.4, 0.5) is 0 Å². The van der Waals surface area contributed by atoms with Gasteiger partial charge in [-0.05, 0) is 50.3 Å². The van der Waals surface area contributed by atoms with Crippen molar-refractivity contribution in [1.82, 2.24) is 9.80 Å². The Bertz CT molecular complexity index is 700. The van der Waals surface area contributed by atoms with Crippen molar-refractivity contribution >= 4 is 17.8 Å². The lowest BCUT2D eigenvalue weighted by Crippen LogP contribution is -2.44. The Hall–Kier alpha value is -2.45. The van der Waals surface area contributed by atoms with E-state index in [2.05, 4.69) is 4.90 Å². The molecule has 0 spiro atoms. The van der Waals surface area contributed by atoms with E-state index in [0.717, 1.165) is 37.4 Å². The van der Waals surface area contributed by atoms with Crippen LogP contribution >= 0.6 is 0 Å². The third kappa shape index (κ3) is 8.96. The zero-order valence-electron chi connectivity index (χ0n) is 18.7. The fourth-order valence-corrected chi connectivity index (χ4v) is 4.55. The number of hydrogen-bond donors (Lipinski definition) is 3. The summed E-state index contributed by atoms with van der Waals surface area (Å²) in [6.07, 6.45) is 8.91. The second-order valence-corrected chi connectivity index (χ2v) is 8.66. The summed E-state index contributed by atoms with van der Waals surface area (Å²) in [6.45, 7) is 4.37. The minimum atomic E-state index is -1.82. The molecule has 3 N–H and O–H groups in total. The van der Waals surface area contributed by atoms with Gasteiger partial charge in [0.15, 0.2) is 0 Å². The van der Waals surface area contributed by atoms with Crippen LogP contribution in [0.25, 0.3) is 0 Å². The van der Waals surface area contributed by atoms with Gasteiger partial charge in [0.2, 0.25) is 5.91 Å². The fraction of sp³-hybridized carbons (Fsp3) is 0.625. The number of carboxylic acid groups (broad SMARTS) is 2. The number of aliphatic carboxylic acids is 2. The van der Waals surface area contributed by atoms with Gasteiger partial charge in [-0.15, -0.1) is 0 Å². The zero-order valence-corrected chi connectivity index (χ0v) is 18.7. The third-order valence-electron chi connectivity index (χ3n) is 6.26. The predicted molar refractivity (Wildman–Crippen MR) is 120 cm³/mol. The van der Waals surface area contributed by atoms with Gasteiger partial charge in [-0.3, -0.25) is 4.79 Å². The number of carbonyl (C=O) groups is 3. The number of aliphatic hydroxyl groups is 1. The first-order valence-corrected chi connectivity index (χ1v) is 11.5. The molecule has 1 aliphatic heterocycles. The molecule has 0 unspecified atom stereocenters. The first-order chi connectivity index (χ1) is 15.4. The summed E-state index contributed by atoms with van der Waals surface area (Å²) in [5, 5.41) is 24.2. The molecule has 1 heterocycles. The molecule has 2 aliphatic rings. The molecular weight excluding hydrogens is 412 g/mol. The molecule has 0 atom stereocenters. The Morgan fingerprint density at radius 3 is 2.03 bits per heavy atom. The van der Waals surface area contributed by atoms with Crippen LogP contribution in [0, 0.1) is 11.8 Å². The first kappa shape index (κ1) is 25.8. The second kappa shape index (κ2) is 13.9. The topological polar surface area (TPSA) is 118 Å². The molecule has 1 amide bonds. The summed E-state index contributed by atoms with van der Waals surface area (Å²) in [6, 6.07) is 10.1. The Balaban J connectivity index is 0.000000534. The summed E-state index contributed by atoms with van der Waals surface area (Å²) in [5.41, 5.74) is 1.13. The van der Waals surface area contributed by atoms with Crippen molar-refractivity contribution in [2.45, 2.75) is 51.5 Å². The largest absolute Gasteiger partial charge is 0.473 e. The Morgan fingerprint density at radius 2 is 1.50 bits per heavy atom. The number of carbonyl (C=O) groups excluding carboxylic acids is 1. The number of piperidine rings is 1. The van der Waals surface area contributed by atoms with Crippen molar-refractivity contribution in [1.29, 1.82) is 0 Å². The minimum absolute atomic E-state index is 0.0269. The van der Waals surface area contributed by atoms with Gasteiger partial charge in [-0.2, -0.15) is 0 Å². The molecule has 32 heavy (non-hydrogen) atoms. The van der Waals surface area contributed by atoms with Crippen molar-refractivity contribution in [2.24, 2.45) is 11.8 Å². The van der Waals surface area contributed by atoms with Gasteiger partial charge in [0, 0.05) is 25.6 Å². The van der Waals surface area contributed by atoms with Crippen molar-refractivity contribution in [3.8, 4) is 0 Å². The summed E-state index contributed by atoms with van der Waals surface area (Å²) in [7, 11) is 0. The molecular formula is C24H36N2O6. The van der Waals surface area contributed by atoms with E-state index in [4.69, 9.17) is 19.8 Å². The van der Waals surface area contributed by atoms with Crippen LogP contribution in [0.1, 0.15) is 50.5 Å². The van der Waals surface area contributed by atoms with Gasteiger partial charge in [0.25, 0.3) is 0 Å². The van der Waals surface area contributed by atoms with E-state index in [1.54, 1.807) is 0 Å². The quantitative estimate of drug-likeness (QED) is 0.548. The predicted octanol–water partition coefficient (Wildman–Crippen LogP) is 2.46. The number of aliphatic hydroxyl groups excluding tert-OH is 1. The van der Waals surface area contributed by atoms with Gasteiger partial charge < -0.3 is 25.1 Å². The van der Waals surface area contributed by atoms with Crippen molar-refractivity contribution in [2.75, 3.05) is 32.8 Å². The number of likely N-dealkylation sites (tertiary alicyclic amines) is 1. The van der Waals surface area contributed by atoms with Crippen LogP contribution in [-0.2, 0) is 20.9 Å². The van der Waals surface area contributed by atoms with Crippen LogP contribution in [0.2, 0.25) is 0 Å².